The molecule has 1 aliphatic heterocycles. The molecule has 98 valence electrons. The Morgan fingerprint density at radius 1 is 1.47 bits per heavy atom. The number of carbonyl (C=O) groups is 1. The van der Waals surface area contributed by atoms with Gasteiger partial charge in [0, 0.05) is 19.1 Å². The van der Waals surface area contributed by atoms with E-state index in [1.165, 1.54) is 0 Å². The first kappa shape index (κ1) is 14.2. The number of nitrogens with one attached hydrogen (secondary N) is 1. The van der Waals surface area contributed by atoms with Crippen molar-refractivity contribution in [2.75, 3.05) is 32.8 Å². The van der Waals surface area contributed by atoms with Crippen molar-refractivity contribution in [3.63, 3.8) is 0 Å². The van der Waals surface area contributed by atoms with Crippen LogP contribution in [0.5, 0.6) is 0 Å². The second kappa shape index (κ2) is 7.45. The monoisotopic (exact) mass is 240 g/mol. The molecule has 0 bridgehead atoms. The summed E-state index contributed by atoms with van der Waals surface area (Å²) >= 11 is 0. The molecule has 1 heterocycles. The van der Waals surface area contributed by atoms with Crippen molar-refractivity contribution in [2.24, 2.45) is 0 Å². The molecule has 1 saturated heterocycles. The van der Waals surface area contributed by atoms with E-state index in [0.29, 0.717) is 6.54 Å². The fraction of sp³-hybridized carbons (Fsp3) is 0.769. The SMILES string of the molecule is C=C(C)[C@H](CCC)NC(=O)CN1CCOCC1. The highest BCUT2D eigenvalue weighted by molar-refractivity contribution is 5.78. The molecule has 1 fully saturated rings. The summed E-state index contributed by atoms with van der Waals surface area (Å²) in [5.41, 5.74) is 1.03. The Labute approximate surface area is 104 Å². The molecule has 4 nitrogen and oxygen atoms in total. The highest BCUT2D eigenvalue weighted by Crippen LogP contribution is 2.06. The molecule has 1 aliphatic rings. The van der Waals surface area contributed by atoms with E-state index >= 15 is 0 Å². The number of hydrogen-bond donors (Lipinski definition) is 1. The van der Waals surface area contributed by atoms with Crippen molar-refractivity contribution >= 4 is 5.91 Å². The van der Waals surface area contributed by atoms with E-state index in [-0.39, 0.29) is 11.9 Å². The maximum Gasteiger partial charge on any atom is 0.234 e. The third kappa shape index (κ3) is 5.33. The van der Waals surface area contributed by atoms with Gasteiger partial charge in [-0.3, -0.25) is 9.69 Å². The molecule has 4 heteroatoms. The van der Waals surface area contributed by atoms with Gasteiger partial charge in [-0.25, -0.2) is 0 Å². The van der Waals surface area contributed by atoms with Gasteiger partial charge in [0.2, 0.25) is 5.91 Å². The zero-order valence-electron chi connectivity index (χ0n) is 11.0. The largest absolute Gasteiger partial charge is 0.379 e. The van der Waals surface area contributed by atoms with Gasteiger partial charge in [-0.1, -0.05) is 25.5 Å². The Hall–Kier alpha value is -0.870. The molecule has 0 aromatic carbocycles. The molecule has 0 aliphatic carbocycles. The highest BCUT2D eigenvalue weighted by atomic mass is 16.5. The highest BCUT2D eigenvalue weighted by Gasteiger charge is 2.17. The average molecular weight is 240 g/mol. The predicted octanol–water partition coefficient (Wildman–Crippen LogP) is 1.18. The Morgan fingerprint density at radius 3 is 2.65 bits per heavy atom. The lowest BCUT2D eigenvalue weighted by molar-refractivity contribution is -0.123. The van der Waals surface area contributed by atoms with E-state index in [0.717, 1.165) is 44.7 Å². The third-order valence-electron chi connectivity index (χ3n) is 2.98. The molecular formula is C13H24N2O2. The van der Waals surface area contributed by atoms with E-state index in [9.17, 15) is 4.79 Å². The molecule has 0 aromatic heterocycles. The van der Waals surface area contributed by atoms with Crippen molar-refractivity contribution in [3.05, 3.63) is 12.2 Å². The van der Waals surface area contributed by atoms with Gasteiger partial charge in [0.25, 0.3) is 0 Å². The van der Waals surface area contributed by atoms with Crippen LogP contribution in [-0.2, 0) is 9.53 Å². The van der Waals surface area contributed by atoms with E-state index in [1.807, 2.05) is 6.92 Å². The summed E-state index contributed by atoms with van der Waals surface area (Å²) in [7, 11) is 0. The van der Waals surface area contributed by atoms with Gasteiger partial charge >= 0.3 is 0 Å². The topological polar surface area (TPSA) is 41.6 Å². The fourth-order valence-electron chi connectivity index (χ4n) is 1.93. The summed E-state index contributed by atoms with van der Waals surface area (Å²) in [5.74, 6) is 0.0911. The Bertz CT molecular complexity index is 260. The van der Waals surface area contributed by atoms with Crippen molar-refractivity contribution in [2.45, 2.75) is 32.7 Å². The first-order chi connectivity index (χ1) is 8.13. The zero-order chi connectivity index (χ0) is 12.7. The molecule has 1 atom stereocenters. The molecular weight excluding hydrogens is 216 g/mol. The van der Waals surface area contributed by atoms with Crippen LogP contribution in [0.1, 0.15) is 26.7 Å². The van der Waals surface area contributed by atoms with Crippen LogP contribution in [0, 0.1) is 0 Å². The van der Waals surface area contributed by atoms with Gasteiger partial charge < -0.3 is 10.1 Å². The summed E-state index contributed by atoms with van der Waals surface area (Å²) in [6, 6.07) is 0.119. The van der Waals surface area contributed by atoms with Gasteiger partial charge in [0.15, 0.2) is 0 Å². The number of carbonyl (C=O) groups excluding carboxylic acids is 1. The molecule has 1 N–H and O–H groups in total. The second-order valence-electron chi connectivity index (χ2n) is 4.64. The third-order valence-corrected chi connectivity index (χ3v) is 2.98. The Morgan fingerprint density at radius 2 is 2.12 bits per heavy atom. The van der Waals surface area contributed by atoms with E-state index in [2.05, 4.69) is 23.7 Å². The Kier molecular flexibility index (Phi) is 6.22. The molecule has 0 saturated carbocycles. The minimum Gasteiger partial charge on any atom is -0.379 e. The van der Waals surface area contributed by atoms with Crippen LogP contribution >= 0.6 is 0 Å². The van der Waals surface area contributed by atoms with E-state index in [4.69, 9.17) is 4.74 Å². The summed E-state index contributed by atoms with van der Waals surface area (Å²) in [6.45, 7) is 11.6. The van der Waals surface area contributed by atoms with E-state index < -0.39 is 0 Å². The predicted molar refractivity (Wildman–Crippen MR) is 68.9 cm³/mol. The summed E-state index contributed by atoms with van der Waals surface area (Å²) in [5, 5.41) is 3.04. The van der Waals surface area contributed by atoms with Crippen molar-refractivity contribution in [1.82, 2.24) is 10.2 Å². The molecule has 1 rings (SSSR count). The quantitative estimate of drug-likeness (QED) is 0.709. The van der Waals surface area contributed by atoms with Crippen molar-refractivity contribution < 1.29 is 9.53 Å². The van der Waals surface area contributed by atoms with Crippen molar-refractivity contribution in [1.29, 1.82) is 0 Å². The maximum atomic E-state index is 11.9. The lowest BCUT2D eigenvalue weighted by Crippen LogP contribution is -2.46. The number of hydrogen-bond acceptors (Lipinski definition) is 3. The molecule has 0 unspecified atom stereocenters. The summed E-state index contributed by atoms with van der Waals surface area (Å²) in [4.78, 5) is 14.0. The summed E-state index contributed by atoms with van der Waals surface area (Å²) in [6.07, 6.45) is 2.01. The first-order valence-corrected chi connectivity index (χ1v) is 6.38. The molecule has 0 radical (unpaired) electrons. The van der Waals surface area contributed by atoms with Crippen LogP contribution in [-0.4, -0.2) is 49.7 Å². The lowest BCUT2D eigenvalue weighted by atomic mass is 10.1. The normalized spacial score (nSPS) is 18.7. The molecule has 0 aromatic rings. The fourth-order valence-corrected chi connectivity index (χ4v) is 1.93. The van der Waals surface area contributed by atoms with Gasteiger partial charge in [-0.15, -0.1) is 0 Å². The number of ether oxygens (including phenoxy) is 1. The molecule has 0 spiro atoms. The first-order valence-electron chi connectivity index (χ1n) is 6.38. The van der Waals surface area contributed by atoms with Gasteiger partial charge in [0.05, 0.1) is 19.8 Å². The summed E-state index contributed by atoms with van der Waals surface area (Å²) < 4.78 is 5.25. The number of rotatable bonds is 6. The Balaban J connectivity index is 2.33. The van der Waals surface area contributed by atoms with Gasteiger partial charge in [-0.2, -0.15) is 0 Å². The maximum absolute atomic E-state index is 11.9. The van der Waals surface area contributed by atoms with Crippen LogP contribution in [0.2, 0.25) is 0 Å². The molecule has 1 amide bonds. The minimum atomic E-state index is 0.0911. The average Bonchev–Trinajstić information content (AvgIpc) is 2.29. The minimum absolute atomic E-state index is 0.0911. The number of amides is 1. The lowest BCUT2D eigenvalue weighted by Gasteiger charge is -2.27. The van der Waals surface area contributed by atoms with Crippen molar-refractivity contribution in [3.8, 4) is 0 Å². The van der Waals surface area contributed by atoms with Gasteiger partial charge in [0.1, 0.15) is 0 Å². The zero-order valence-corrected chi connectivity index (χ0v) is 11.0. The van der Waals surface area contributed by atoms with Crippen LogP contribution in [0.3, 0.4) is 0 Å². The van der Waals surface area contributed by atoms with E-state index in [1.54, 1.807) is 0 Å². The number of nitrogens with zero attached hydrogens (tertiary/aromatic N) is 1. The van der Waals surface area contributed by atoms with Crippen LogP contribution in [0.25, 0.3) is 0 Å². The van der Waals surface area contributed by atoms with Crippen LogP contribution in [0.4, 0.5) is 0 Å². The smallest absolute Gasteiger partial charge is 0.234 e. The number of morpholine rings is 1. The molecule has 17 heavy (non-hydrogen) atoms. The van der Waals surface area contributed by atoms with Gasteiger partial charge in [-0.05, 0) is 13.3 Å². The standard InChI is InChI=1S/C13H24N2O2/c1-4-5-12(11(2)3)14-13(16)10-15-6-8-17-9-7-15/h12H,2,4-10H2,1,3H3,(H,14,16)/t12-/m0/s1. The van der Waals surface area contributed by atoms with Crippen LogP contribution < -0.4 is 5.32 Å². The van der Waals surface area contributed by atoms with Crippen LogP contribution in [0.15, 0.2) is 12.2 Å². The second-order valence-corrected chi connectivity index (χ2v) is 4.64.